The van der Waals surface area contributed by atoms with Gasteiger partial charge in [-0.2, -0.15) is 0 Å². The fourth-order valence-electron chi connectivity index (χ4n) is 0.583. The number of methoxy groups -OCH3 is 2. The Bertz CT molecular complexity index is 76.9. The topological polar surface area (TPSA) is 36.9 Å². The van der Waals surface area contributed by atoms with Gasteiger partial charge in [0.15, 0.2) is 0 Å². The maximum Gasteiger partial charge on any atom is 1.00 e. The second-order valence-electron chi connectivity index (χ2n) is 2.14. The molecular formula is C6H17AlNa2O4. The summed E-state index contributed by atoms with van der Waals surface area (Å²) in [5.74, 6) is 0. The van der Waals surface area contributed by atoms with E-state index in [2.05, 4.69) is 0 Å². The molecule has 0 aromatic heterocycles. The molecule has 0 N–H and O–H groups in total. The summed E-state index contributed by atoms with van der Waals surface area (Å²) < 4.78 is 20.0. The summed E-state index contributed by atoms with van der Waals surface area (Å²) in [7, 11) is 3.31. The SMILES string of the molecule is COCC[O][AlH2-][O]CCOC.[H-].[Na+].[Na+]. The fourth-order valence-corrected chi connectivity index (χ4v) is 1.42. The number of hydrogen-bond acceptors (Lipinski definition) is 4. The van der Waals surface area contributed by atoms with Gasteiger partial charge < -0.3 is 18.5 Å². The molecule has 0 saturated heterocycles. The molecule has 0 radical (unpaired) electrons. The number of ether oxygens (including phenoxy) is 2. The van der Waals surface area contributed by atoms with Crippen molar-refractivity contribution < 1.29 is 77.6 Å². The third-order valence-corrected chi connectivity index (χ3v) is 2.51. The summed E-state index contributed by atoms with van der Waals surface area (Å²) in [4.78, 5) is 0. The van der Waals surface area contributed by atoms with E-state index >= 15 is 0 Å². The summed E-state index contributed by atoms with van der Waals surface area (Å²) in [6.07, 6.45) is 0. The van der Waals surface area contributed by atoms with Crippen LogP contribution >= 0.6 is 0 Å². The maximum absolute atomic E-state index is 5.21. The van der Waals surface area contributed by atoms with Crippen LogP contribution in [0.5, 0.6) is 0 Å². The second kappa shape index (κ2) is 19.9. The van der Waals surface area contributed by atoms with Crippen molar-refractivity contribution in [1.29, 1.82) is 0 Å². The molecule has 4 nitrogen and oxygen atoms in total. The molecule has 0 fully saturated rings. The van der Waals surface area contributed by atoms with E-state index in [1.165, 1.54) is 0 Å². The Morgan fingerprint density at radius 2 is 1.23 bits per heavy atom. The van der Waals surface area contributed by atoms with Crippen molar-refractivity contribution in [2.24, 2.45) is 0 Å². The van der Waals surface area contributed by atoms with Gasteiger partial charge in [0.25, 0.3) is 0 Å². The van der Waals surface area contributed by atoms with Crippen molar-refractivity contribution in [1.82, 2.24) is 0 Å². The van der Waals surface area contributed by atoms with Gasteiger partial charge in [0, 0.05) is 27.4 Å². The minimum absolute atomic E-state index is 0. The van der Waals surface area contributed by atoms with Gasteiger partial charge in [-0.15, -0.1) is 0 Å². The molecule has 7 heteroatoms. The van der Waals surface area contributed by atoms with Gasteiger partial charge in [0.2, 0.25) is 0 Å². The summed E-state index contributed by atoms with van der Waals surface area (Å²) in [6.45, 7) is 2.63. The van der Waals surface area contributed by atoms with Gasteiger partial charge in [-0.05, 0) is 0 Å². The van der Waals surface area contributed by atoms with Crippen molar-refractivity contribution in [3.63, 3.8) is 0 Å². The largest absolute Gasteiger partial charge is 1.00 e. The van der Waals surface area contributed by atoms with Crippen LogP contribution in [-0.2, 0) is 17.1 Å². The van der Waals surface area contributed by atoms with Gasteiger partial charge in [-0.25, -0.2) is 0 Å². The Morgan fingerprint density at radius 1 is 0.846 bits per heavy atom. The van der Waals surface area contributed by atoms with E-state index in [9.17, 15) is 0 Å². The first kappa shape index (κ1) is 20.7. The molecule has 13 heavy (non-hydrogen) atoms. The zero-order valence-corrected chi connectivity index (χ0v) is 15.5. The normalized spacial score (nSPS) is 8.77. The van der Waals surface area contributed by atoms with Crippen molar-refractivity contribution >= 4 is 15.9 Å². The quantitative estimate of drug-likeness (QED) is 0.304. The standard InChI is InChI=1S/2C3H7O2.Al.2Na.3H/c2*1-5-3-2-4;;;;;;/h2*2-3H2,1H3;;;;;;/q2*-1;3*+1;;;-1. The summed E-state index contributed by atoms with van der Waals surface area (Å²) in [5, 5.41) is 0. The summed E-state index contributed by atoms with van der Waals surface area (Å²) >= 11 is -1.23. The zero-order chi connectivity index (χ0) is 8.36. The molecule has 0 spiro atoms. The minimum atomic E-state index is -1.23. The van der Waals surface area contributed by atoms with Crippen LogP contribution in [-0.4, -0.2) is 56.5 Å². The Kier molecular flexibility index (Phi) is 31.7. The predicted molar refractivity (Wildman–Crippen MR) is 45.3 cm³/mol. The maximum atomic E-state index is 5.21. The Hall–Kier alpha value is 2.37. The van der Waals surface area contributed by atoms with E-state index in [1.54, 1.807) is 14.2 Å². The molecule has 70 valence electrons. The molecule has 0 saturated carbocycles. The zero-order valence-electron chi connectivity index (χ0n) is 10.5. The Morgan fingerprint density at radius 3 is 1.54 bits per heavy atom. The number of hydrogen-bond donors (Lipinski definition) is 0. The van der Waals surface area contributed by atoms with E-state index in [0.717, 1.165) is 0 Å². The van der Waals surface area contributed by atoms with E-state index in [1.807, 2.05) is 0 Å². The van der Waals surface area contributed by atoms with Gasteiger partial charge in [-0.3, -0.25) is 0 Å². The second-order valence-corrected chi connectivity index (χ2v) is 3.63. The smallest absolute Gasteiger partial charge is 1.00 e. The number of rotatable bonds is 8. The molecule has 0 aromatic rings. The Balaban J connectivity index is -0.000000167. The van der Waals surface area contributed by atoms with Crippen molar-refractivity contribution in [3.8, 4) is 0 Å². The van der Waals surface area contributed by atoms with E-state index < -0.39 is 15.9 Å². The molecular weight excluding hydrogens is 209 g/mol. The monoisotopic (exact) mass is 226 g/mol. The average molecular weight is 226 g/mol. The van der Waals surface area contributed by atoms with Crippen LogP contribution in [0.25, 0.3) is 0 Å². The summed E-state index contributed by atoms with van der Waals surface area (Å²) in [6, 6.07) is 0. The third-order valence-electron chi connectivity index (χ3n) is 1.22. The first-order chi connectivity index (χ1) is 5.41. The fraction of sp³-hybridized carbons (Fsp3) is 1.00. The molecule has 0 heterocycles. The Labute approximate surface area is 132 Å². The van der Waals surface area contributed by atoms with E-state index in [-0.39, 0.29) is 60.5 Å². The molecule has 0 aliphatic heterocycles. The van der Waals surface area contributed by atoms with Crippen LogP contribution in [0.2, 0.25) is 0 Å². The van der Waals surface area contributed by atoms with Gasteiger partial charge in [0.1, 0.15) is 0 Å². The van der Waals surface area contributed by atoms with Gasteiger partial charge in [0.05, 0.1) is 13.2 Å². The van der Waals surface area contributed by atoms with Crippen LogP contribution in [0.4, 0.5) is 0 Å². The van der Waals surface area contributed by atoms with Crippen LogP contribution in [0, 0.1) is 0 Å². The first-order valence-corrected chi connectivity index (χ1v) is 5.42. The first-order valence-electron chi connectivity index (χ1n) is 3.79. The molecule has 0 aromatic carbocycles. The minimum Gasteiger partial charge on any atom is -1.00 e. The van der Waals surface area contributed by atoms with Gasteiger partial charge >= 0.3 is 75.0 Å². The van der Waals surface area contributed by atoms with Crippen LogP contribution in [0.1, 0.15) is 1.43 Å². The molecule has 0 bridgehead atoms. The molecule has 0 atom stereocenters. The van der Waals surface area contributed by atoms with Crippen molar-refractivity contribution in [3.05, 3.63) is 0 Å². The summed E-state index contributed by atoms with van der Waals surface area (Å²) in [5.41, 5.74) is 0. The van der Waals surface area contributed by atoms with Crippen LogP contribution in [0.15, 0.2) is 0 Å². The van der Waals surface area contributed by atoms with E-state index in [0.29, 0.717) is 26.4 Å². The molecule has 0 aliphatic rings. The van der Waals surface area contributed by atoms with Crippen LogP contribution in [0.3, 0.4) is 0 Å². The molecule has 0 unspecified atom stereocenters. The molecule has 0 rings (SSSR count). The molecule has 0 aliphatic carbocycles. The average Bonchev–Trinajstić information content (AvgIpc) is 2.03. The predicted octanol–water partition coefficient (Wildman–Crippen LogP) is -6.57. The third kappa shape index (κ3) is 20.4. The van der Waals surface area contributed by atoms with Gasteiger partial charge in [-0.1, -0.05) is 0 Å². The van der Waals surface area contributed by atoms with Crippen molar-refractivity contribution in [2.45, 2.75) is 0 Å². The van der Waals surface area contributed by atoms with Crippen molar-refractivity contribution in [2.75, 3.05) is 40.6 Å². The van der Waals surface area contributed by atoms with E-state index in [4.69, 9.17) is 17.1 Å². The molecule has 0 amide bonds. The van der Waals surface area contributed by atoms with Crippen LogP contribution < -0.4 is 59.1 Å².